The minimum atomic E-state index is 0.0971. The van der Waals surface area contributed by atoms with Gasteiger partial charge in [0, 0.05) is 25.4 Å². The van der Waals surface area contributed by atoms with E-state index in [1.807, 2.05) is 6.92 Å². The number of hydrazine groups is 1. The molecule has 9 heteroatoms. The molecule has 2 fully saturated rings. The highest BCUT2D eigenvalue weighted by molar-refractivity contribution is 8.00. The van der Waals surface area contributed by atoms with E-state index >= 15 is 0 Å². The van der Waals surface area contributed by atoms with Crippen molar-refractivity contribution in [2.75, 3.05) is 44.5 Å². The Bertz CT molecular complexity index is 623. The highest BCUT2D eigenvalue weighted by Gasteiger charge is 2.52. The zero-order chi connectivity index (χ0) is 16.6. The lowest BCUT2D eigenvalue weighted by atomic mass is 9.90. The third-order valence-corrected chi connectivity index (χ3v) is 7.11. The maximum absolute atomic E-state index is 5.25. The molecule has 2 unspecified atom stereocenters. The Morgan fingerprint density at radius 3 is 3.21 bits per heavy atom. The molecule has 3 aliphatic rings. The summed E-state index contributed by atoms with van der Waals surface area (Å²) in [5.41, 5.74) is 3.63. The van der Waals surface area contributed by atoms with Crippen LogP contribution in [-0.2, 0) is 4.74 Å². The number of methoxy groups -OCH3 is 1. The van der Waals surface area contributed by atoms with Crippen LogP contribution in [0.5, 0.6) is 0 Å². The Hall–Kier alpha value is -0.870. The quantitative estimate of drug-likeness (QED) is 0.810. The lowest BCUT2D eigenvalue weighted by Crippen LogP contribution is -2.49. The van der Waals surface area contributed by atoms with Crippen LogP contribution < -0.4 is 10.7 Å². The maximum Gasteiger partial charge on any atom is 0.240 e. The van der Waals surface area contributed by atoms with Gasteiger partial charge in [0.2, 0.25) is 5.95 Å². The normalized spacial score (nSPS) is 30.4. The summed E-state index contributed by atoms with van der Waals surface area (Å²) < 4.78 is 9.58. The van der Waals surface area contributed by atoms with Crippen molar-refractivity contribution in [1.82, 2.24) is 24.7 Å². The summed E-state index contributed by atoms with van der Waals surface area (Å²) in [7, 11) is 1.78. The fourth-order valence-corrected chi connectivity index (χ4v) is 5.71. The smallest absolute Gasteiger partial charge is 0.240 e. The van der Waals surface area contributed by atoms with Gasteiger partial charge in [0.1, 0.15) is 10.8 Å². The van der Waals surface area contributed by atoms with Crippen LogP contribution in [0.3, 0.4) is 0 Å². The fraction of sp³-hybridized carbons (Fsp3) is 0.733. The van der Waals surface area contributed by atoms with E-state index in [0.29, 0.717) is 11.2 Å². The number of ether oxygens (including phenoxy) is 1. The molecule has 132 valence electrons. The van der Waals surface area contributed by atoms with Gasteiger partial charge in [0.05, 0.1) is 18.0 Å². The zero-order valence-corrected chi connectivity index (χ0v) is 15.8. The molecule has 3 aliphatic heterocycles. The van der Waals surface area contributed by atoms with Gasteiger partial charge in [-0.15, -0.1) is 11.8 Å². The van der Waals surface area contributed by atoms with Crippen LogP contribution >= 0.6 is 23.3 Å². The first-order valence-electron chi connectivity index (χ1n) is 8.37. The van der Waals surface area contributed by atoms with E-state index in [9.17, 15) is 0 Å². The molecule has 0 amide bonds. The van der Waals surface area contributed by atoms with E-state index in [2.05, 4.69) is 47.8 Å². The summed E-state index contributed by atoms with van der Waals surface area (Å²) in [6.07, 6.45) is 4.72. The van der Waals surface area contributed by atoms with Gasteiger partial charge >= 0.3 is 0 Å². The molecule has 0 bridgehead atoms. The highest BCUT2D eigenvalue weighted by atomic mass is 32.2. The van der Waals surface area contributed by atoms with E-state index in [-0.39, 0.29) is 5.54 Å². The van der Waals surface area contributed by atoms with E-state index in [4.69, 9.17) is 4.74 Å². The summed E-state index contributed by atoms with van der Waals surface area (Å²) in [5, 5.41) is 7.34. The Morgan fingerprint density at radius 1 is 1.50 bits per heavy atom. The van der Waals surface area contributed by atoms with Gasteiger partial charge in [-0.1, -0.05) is 0 Å². The van der Waals surface area contributed by atoms with Gasteiger partial charge in [-0.25, -0.2) is 9.99 Å². The van der Waals surface area contributed by atoms with E-state index in [0.717, 1.165) is 49.4 Å². The van der Waals surface area contributed by atoms with Crippen molar-refractivity contribution in [1.29, 1.82) is 0 Å². The maximum atomic E-state index is 5.25. The number of likely N-dealkylation sites (tertiary alicyclic amines) is 1. The molecule has 2 N–H and O–H groups in total. The molecule has 24 heavy (non-hydrogen) atoms. The molecule has 4 heterocycles. The number of rotatable bonds is 5. The summed E-state index contributed by atoms with van der Waals surface area (Å²) in [4.78, 5) is 6.93. The van der Waals surface area contributed by atoms with Crippen molar-refractivity contribution in [2.45, 2.75) is 30.6 Å². The standard InChI is InChI=1S/C15H24N6OS2/c1-11-16-14(19-24-11)17-13-9-15-4-6-20(7-8-22-2)5-3-12(15)23-10-21(15)18-13/h9,12,18H,3-8,10H2,1-2H3,(H,17,19). The number of hydrogen-bond acceptors (Lipinski definition) is 9. The second-order valence-electron chi connectivity index (χ2n) is 6.51. The summed E-state index contributed by atoms with van der Waals surface area (Å²) in [5.74, 6) is 2.73. The van der Waals surface area contributed by atoms with Gasteiger partial charge in [-0.05, 0) is 43.9 Å². The van der Waals surface area contributed by atoms with Crippen LogP contribution in [0.1, 0.15) is 17.8 Å². The van der Waals surface area contributed by atoms with E-state index in [1.165, 1.54) is 18.0 Å². The summed E-state index contributed by atoms with van der Waals surface area (Å²) in [6, 6.07) is 0. The Morgan fingerprint density at radius 2 is 2.42 bits per heavy atom. The third-order valence-electron chi connectivity index (χ3n) is 5.04. The topological polar surface area (TPSA) is 65.6 Å². The van der Waals surface area contributed by atoms with Crippen LogP contribution in [0.15, 0.2) is 11.9 Å². The van der Waals surface area contributed by atoms with Gasteiger partial charge in [0.15, 0.2) is 0 Å². The van der Waals surface area contributed by atoms with Crippen molar-refractivity contribution < 1.29 is 4.74 Å². The summed E-state index contributed by atoms with van der Waals surface area (Å²) in [6.45, 7) is 6.07. The number of anilines is 1. The van der Waals surface area contributed by atoms with Crippen molar-refractivity contribution in [2.24, 2.45) is 0 Å². The molecule has 0 aromatic carbocycles. The molecular weight excluding hydrogens is 344 g/mol. The van der Waals surface area contributed by atoms with E-state index < -0.39 is 0 Å². The van der Waals surface area contributed by atoms with Crippen molar-refractivity contribution in [3.63, 3.8) is 0 Å². The van der Waals surface area contributed by atoms with Crippen molar-refractivity contribution >= 4 is 29.2 Å². The van der Waals surface area contributed by atoms with Gasteiger partial charge < -0.3 is 20.4 Å². The monoisotopic (exact) mass is 368 g/mol. The molecule has 4 rings (SSSR count). The molecule has 0 aliphatic carbocycles. The number of aromatic nitrogens is 2. The summed E-state index contributed by atoms with van der Waals surface area (Å²) >= 11 is 3.49. The number of aryl methyl sites for hydroxylation is 1. The van der Waals surface area contributed by atoms with Crippen LogP contribution in [0.2, 0.25) is 0 Å². The van der Waals surface area contributed by atoms with Gasteiger partial charge in [0.25, 0.3) is 0 Å². The van der Waals surface area contributed by atoms with Crippen LogP contribution in [0, 0.1) is 6.92 Å². The molecule has 0 radical (unpaired) electrons. The lowest BCUT2D eigenvalue weighted by Gasteiger charge is -2.32. The van der Waals surface area contributed by atoms with Crippen molar-refractivity contribution in [3.8, 4) is 0 Å². The zero-order valence-electron chi connectivity index (χ0n) is 14.1. The molecule has 1 spiro atoms. The average molecular weight is 369 g/mol. The first kappa shape index (κ1) is 16.6. The Kier molecular flexibility index (Phi) is 4.70. The highest BCUT2D eigenvalue weighted by Crippen LogP contribution is 2.46. The average Bonchev–Trinajstić information content (AvgIpc) is 3.18. The molecule has 0 saturated carbocycles. The SMILES string of the molecule is COCCN1CCC2SCN3NC(Nc4nsc(C)n4)=CC23CC1. The molecule has 1 aromatic heterocycles. The van der Waals surface area contributed by atoms with Gasteiger partial charge in [-0.2, -0.15) is 4.37 Å². The van der Waals surface area contributed by atoms with Crippen LogP contribution in [0.25, 0.3) is 0 Å². The number of hydrogen-bond donors (Lipinski definition) is 2. The van der Waals surface area contributed by atoms with Crippen molar-refractivity contribution in [3.05, 3.63) is 16.9 Å². The Labute approximate surface area is 151 Å². The van der Waals surface area contributed by atoms with E-state index in [1.54, 1.807) is 7.11 Å². The number of nitrogens with one attached hydrogen (secondary N) is 2. The molecule has 2 atom stereocenters. The Balaban J connectivity index is 1.49. The number of thioether (sulfide) groups is 1. The second kappa shape index (κ2) is 6.80. The third kappa shape index (κ3) is 3.03. The molecule has 7 nitrogen and oxygen atoms in total. The minimum Gasteiger partial charge on any atom is -0.383 e. The molecule has 1 aromatic rings. The lowest BCUT2D eigenvalue weighted by molar-refractivity contribution is 0.128. The van der Waals surface area contributed by atoms with Crippen LogP contribution in [0.4, 0.5) is 5.95 Å². The molecular formula is C15H24N6OS2. The number of nitrogens with zero attached hydrogens (tertiary/aromatic N) is 4. The second-order valence-corrected chi connectivity index (χ2v) is 8.63. The fourth-order valence-electron chi connectivity index (χ4n) is 3.77. The predicted octanol–water partition coefficient (Wildman–Crippen LogP) is 1.47. The molecule has 2 saturated heterocycles. The first-order valence-corrected chi connectivity index (χ1v) is 10.2. The van der Waals surface area contributed by atoms with Crippen LogP contribution in [-0.4, -0.2) is 69.3 Å². The minimum absolute atomic E-state index is 0.0971. The first-order chi connectivity index (χ1) is 11.7. The predicted molar refractivity (Wildman–Crippen MR) is 97.9 cm³/mol. The largest absolute Gasteiger partial charge is 0.383 e. The van der Waals surface area contributed by atoms with Gasteiger partial charge in [-0.3, -0.25) is 0 Å².